The minimum Gasteiger partial charge on any atom is -0.465 e. The fourth-order valence-electron chi connectivity index (χ4n) is 3.60. The van der Waals surface area contributed by atoms with Gasteiger partial charge in [-0.15, -0.1) is 21.5 Å². The molecule has 28 heavy (non-hydrogen) atoms. The highest BCUT2D eigenvalue weighted by atomic mass is 32.2. The normalized spacial score (nSPS) is 18.6. The van der Waals surface area contributed by atoms with E-state index in [1.807, 2.05) is 11.6 Å². The van der Waals surface area contributed by atoms with Gasteiger partial charge in [-0.3, -0.25) is 4.79 Å². The first-order valence-corrected chi connectivity index (χ1v) is 11.3. The van der Waals surface area contributed by atoms with Crippen LogP contribution in [0.4, 0.5) is 5.00 Å². The van der Waals surface area contributed by atoms with Gasteiger partial charge in [0.1, 0.15) is 10.8 Å². The number of nitrogens with zero attached hydrogens (tertiary/aromatic N) is 3. The lowest BCUT2D eigenvalue weighted by Crippen LogP contribution is -2.17. The quantitative estimate of drug-likeness (QED) is 0.569. The van der Waals surface area contributed by atoms with Crippen LogP contribution >= 0.6 is 23.1 Å². The van der Waals surface area contributed by atoms with Gasteiger partial charge in [-0.25, -0.2) is 4.79 Å². The number of amides is 1. The highest BCUT2D eigenvalue weighted by molar-refractivity contribution is 7.99. The number of nitrogens with one attached hydrogen (secondary N) is 1. The second-order valence-electron chi connectivity index (χ2n) is 7.56. The van der Waals surface area contributed by atoms with E-state index in [0.29, 0.717) is 22.4 Å². The number of fused-ring (bicyclic) bond motifs is 1. The van der Waals surface area contributed by atoms with E-state index < -0.39 is 0 Å². The lowest BCUT2D eigenvalue weighted by atomic mass is 9.88. The van der Waals surface area contributed by atoms with Crippen LogP contribution in [-0.2, 0) is 29.4 Å². The van der Waals surface area contributed by atoms with Crippen molar-refractivity contribution in [2.75, 3.05) is 18.2 Å². The second-order valence-corrected chi connectivity index (χ2v) is 9.61. The van der Waals surface area contributed by atoms with E-state index in [1.165, 1.54) is 35.1 Å². The summed E-state index contributed by atoms with van der Waals surface area (Å²) in [5, 5.41) is 12.7. The summed E-state index contributed by atoms with van der Waals surface area (Å²) in [6.07, 6.45) is 5.17. The van der Waals surface area contributed by atoms with Gasteiger partial charge in [0.15, 0.2) is 5.16 Å². The van der Waals surface area contributed by atoms with Crippen molar-refractivity contribution in [1.29, 1.82) is 0 Å². The summed E-state index contributed by atoms with van der Waals surface area (Å²) >= 11 is 2.87. The third-order valence-corrected chi connectivity index (χ3v) is 7.49. The number of esters is 1. The molecule has 0 saturated heterocycles. The van der Waals surface area contributed by atoms with Gasteiger partial charge in [-0.1, -0.05) is 18.7 Å². The van der Waals surface area contributed by atoms with Crippen molar-refractivity contribution in [2.45, 2.75) is 50.1 Å². The van der Waals surface area contributed by atoms with Crippen molar-refractivity contribution >= 4 is 40.0 Å². The van der Waals surface area contributed by atoms with Crippen molar-refractivity contribution < 1.29 is 14.3 Å². The first-order valence-electron chi connectivity index (χ1n) is 9.52. The number of hydrogen-bond acceptors (Lipinski definition) is 7. The fourth-order valence-corrected chi connectivity index (χ4v) is 5.73. The van der Waals surface area contributed by atoms with E-state index in [0.717, 1.165) is 48.6 Å². The lowest BCUT2D eigenvalue weighted by Gasteiger charge is -2.18. The molecule has 4 rings (SSSR count). The smallest absolute Gasteiger partial charge is 0.341 e. The Morgan fingerprint density at radius 3 is 2.82 bits per heavy atom. The van der Waals surface area contributed by atoms with E-state index in [2.05, 4.69) is 22.4 Å². The minimum atomic E-state index is -0.377. The van der Waals surface area contributed by atoms with Crippen molar-refractivity contribution in [2.24, 2.45) is 13.0 Å². The minimum absolute atomic E-state index is 0.155. The van der Waals surface area contributed by atoms with Crippen LogP contribution < -0.4 is 5.32 Å². The van der Waals surface area contributed by atoms with Gasteiger partial charge in [0, 0.05) is 17.8 Å². The number of ether oxygens (including phenoxy) is 1. The molecule has 150 valence electrons. The van der Waals surface area contributed by atoms with Crippen LogP contribution in [-0.4, -0.2) is 39.5 Å². The molecule has 1 amide bonds. The summed E-state index contributed by atoms with van der Waals surface area (Å²) in [6.45, 7) is 2.21. The SMILES string of the molecule is COC(=O)c1c(NC(=O)CSc2nnc(C3CC3)n2C)sc2c1CC[C@H](C)C2. The van der Waals surface area contributed by atoms with Crippen LogP contribution in [0.3, 0.4) is 0 Å². The van der Waals surface area contributed by atoms with Crippen LogP contribution in [0, 0.1) is 5.92 Å². The summed E-state index contributed by atoms with van der Waals surface area (Å²) in [5.41, 5.74) is 1.57. The summed E-state index contributed by atoms with van der Waals surface area (Å²) in [5.74, 6) is 1.79. The van der Waals surface area contributed by atoms with Crippen LogP contribution in [0.15, 0.2) is 5.16 Å². The lowest BCUT2D eigenvalue weighted by molar-refractivity contribution is -0.113. The van der Waals surface area contributed by atoms with Crippen molar-refractivity contribution in [3.63, 3.8) is 0 Å². The van der Waals surface area contributed by atoms with E-state index >= 15 is 0 Å². The molecule has 2 heterocycles. The molecule has 0 bridgehead atoms. The maximum absolute atomic E-state index is 12.6. The predicted octanol–water partition coefficient (Wildman–Crippen LogP) is 3.40. The van der Waals surface area contributed by atoms with Gasteiger partial charge in [-0.2, -0.15) is 0 Å². The summed E-state index contributed by atoms with van der Waals surface area (Å²) < 4.78 is 6.95. The third-order valence-electron chi connectivity index (χ3n) is 5.30. The molecule has 7 nitrogen and oxygen atoms in total. The van der Waals surface area contributed by atoms with E-state index in [1.54, 1.807) is 0 Å². The van der Waals surface area contributed by atoms with Crippen LogP contribution in [0.1, 0.15) is 58.7 Å². The molecule has 2 aliphatic carbocycles. The number of methoxy groups -OCH3 is 1. The van der Waals surface area contributed by atoms with E-state index in [4.69, 9.17) is 4.74 Å². The highest BCUT2D eigenvalue weighted by Gasteiger charge is 2.30. The first kappa shape index (κ1) is 19.4. The van der Waals surface area contributed by atoms with Crippen molar-refractivity contribution in [3.8, 4) is 0 Å². The fraction of sp³-hybridized carbons (Fsp3) is 0.579. The summed E-state index contributed by atoms with van der Waals surface area (Å²) in [6, 6.07) is 0. The van der Waals surface area contributed by atoms with E-state index in [9.17, 15) is 9.59 Å². The number of aromatic nitrogens is 3. The highest BCUT2D eigenvalue weighted by Crippen LogP contribution is 2.41. The number of anilines is 1. The molecule has 0 aromatic carbocycles. The van der Waals surface area contributed by atoms with Gasteiger partial charge < -0.3 is 14.6 Å². The van der Waals surface area contributed by atoms with Gasteiger partial charge in [-0.05, 0) is 43.6 Å². The average Bonchev–Trinajstić information content (AvgIpc) is 3.36. The molecular weight excluding hydrogens is 396 g/mol. The average molecular weight is 421 g/mol. The topological polar surface area (TPSA) is 86.1 Å². The van der Waals surface area contributed by atoms with Crippen LogP contribution in [0.25, 0.3) is 0 Å². The summed E-state index contributed by atoms with van der Waals surface area (Å²) in [7, 11) is 3.32. The molecule has 0 radical (unpaired) electrons. The standard InChI is InChI=1S/C19H24N4O3S2/c1-10-4-7-12-13(8-10)28-17(15(12)18(25)26-3)20-14(24)9-27-19-22-21-16(23(19)2)11-5-6-11/h10-11H,4-9H2,1-3H3,(H,20,24)/t10-/m0/s1. The van der Waals surface area contributed by atoms with Crippen LogP contribution in [0.5, 0.6) is 0 Å². The third kappa shape index (κ3) is 3.82. The van der Waals surface area contributed by atoms with E-state index in [-0.39, 0.29) is 17.6 Å². The Bertz CT molecular complexity index is 917. The maximum atomic E-state index is 12.6. The Kier molecular flexibility index (Phi) is 5.46. The molecule has 0 unspecified atom stereocenters. The number of thioether (sulfide) groups is 1. The molecule has 1 N–H and O–H groups in total. The Morgan fingerprint density at radius 2 is 2.11 bits per heavy atom. The van der Waals surface area contributed by atoms with Gasteiger partial charge in [0.05, 0.1) is 18.4 Å². The first-order chi connectivity index (χ1) is 13.5. The Hall–Kier alpha value is -1.87. The summed E-state index contributed by atoms with van der Waals surface area (Å²) in [4.78, 5) is 26.1. The van der Waals surface area contributed by atoms with Gasteiger partial charge in [0.2, 0.25) is 5.91 Å². The molecular formula is C19H24N4O3S2. The van der Waals surface area contributed by atoms with Crippen LogP contribution in [0.2, 0.25) is 0 Å². The predicted molar refractivity (Wildman–Crippen MR) is 109 cm³/mol. The Morgan fingerprint density at radius 1 is 1.32 bits per heavy atom. The zero-order valence-electron chi connectivity index (χ0n) is 16.3. The zero-order valence-corrected chi connectivity index (χ0v) is 17.9. The number of carbonyl (C=O) groups excluding carboxylic acids is 2. The molecule has 2 aromatic rings. The number of rotatable bonds is 6. The van der Waals surface area contributed by atoms with Crippen molar-refractivity contribution in [3.05, 3.63) is 21.8 Å². The largest absolute Gasteiger partial charge is 0.465 e. The maximum Gasteiger partial charge on any atom is 0.341 e. The second kappa shape index (κ2) is 7.87. The number of thiophene rings is 1. The molecule has 2 aromatic heterocycles. The number of hydrogen-bond donors (Lipinski definition) is 1. The molecule has 9 heteroatoms. The molecule has 1 atom stereocenters. The van der Waals surface area contributed by atoms with Crippen molar-refractivity contribution in [1.82, 2.24) is 14.8 Å². The van der Waals surface area contributed by atoms with Gasteiger partial charge >= 0.3 is 5.97 Å². The molecule has 0 aliphatic heterocycles. The zero-order chi connectivity index (χ0) is 19.8. The molecule has 0 spiro atoms. The number of carbonyl (C=O) groups is 2. The molecule has 1 fully saturated rings. The monoisotopic (exact) mass is 420 g/mol. The Labute approximate surface area is 172 Å². The molecule has 2 aliphatic rings. The Balaban J connectivity index is 1.46. The van der Waals surface area contributed by atoms with Gasteiger partial charge in [0.25, 0.3) is 0 Å². The molecule has 1 saturated carbocycles.